The summed E-state index contributed by atoms with van der Waals surface area (Å²) in [6.45, 7) is 2.07. The third kappa shape index (κ3) is 5.09. The van der Waals surface area contributed by atoms with Crippen LogP contribution in [0, 0.1) is 11.6 Å². The van der Waals surface area contributed by atoms with E-state index < -0.39 is 35.5 Å². The van der Waals surface area contributed by atoms with Gasteiger partial charge in [-0.25, -0.2) is 18.7 Å². The molecule has 13 heteroatoms. The zero-order valence-electron chi connectivity index (χ0n) is 22.0. The van der Waals surface area contributed by atoms with Crippen LogP contribution in [-0.4, -0.2) is 68.3 Å². The maximum atomic E-state index is 15.3. The van der Waals surface area contributed by atoms with Crippen molar-refractivity contribution < 1.29 is 32.0 Å². The second-order valence-corrected chi connectivity index (χ2v) is 10.5. The highest BCUT2D eigenvalue weighted by Crippen LogP contribution is 2.37. The molecule has 0 spiro atoms. The first-order chi connectivity index (χ1) is 19.6. The van der Waals surface area contributed by atoms with Gasteiger partial charge in [-0.3, -0.25) is 4.79 Å². The minimum absolute atomic E-state index is 0.108. The van der Waals surface area contributed by atoms with Gasteiger partial charge in [0.15, 0.2) is 5.82 Å². The van der Waals surface area contributed by atoms with Gasteiger partial charge < -0.3 is 19.4 Å². The lowest BCUT2D eigenvalue weighted by Crippen LogP contribution is -2.34. The number of aromatic nitrogens is 4. The number of fused-ring (bicyclic) bond motifs is 1. The zero-order valence-corrected chi connectivity index (χ0v) is 22.0. The summed E-state index contributed by atoms with van der Waals surface area (Å²) >= 11 is 0. The number of rotatable bonds is 5. The number of hydrogen-bond donors (Lipinski definition) is 1. The van der Waals surface area contributed by atoms with Crippen molar-refractivity contribution in [3.63, 3.8) is 0 Å². The lowest BCUT2D eigenvalue weighted by atomic mass is 9.95. The first-order valence-electron chi connectivity index (χ1n) is 13.3. The van der Waals surface area contributed by atoms with Gasteiger partial charge in [0.05, 0.1) is 22.6 Å². The molecule has 9 nitrogen and oxygen atoms in total. The molecule has 1 unspecified atom stereocenters. The van der Waals surface area contributed by atoms with Crippen molar-refractivity contribution in [2.45, 2.75) is 44.1 Å². The number of likely N-dealkylation sites (tertiary alicyclic amines) is 1. The number of hydrogen-bond acceptors (Lipinski definition) is 8. The summed E-state index contributed by atoms with van der Waals surface area (Å²) in [5.74, 6) is -5.35. The van der Waals surface area contributed by atoms with Crippen LogP contribution >= 0.6 is 0 Å². The fourth-order valence-corrected chi connectivity index (χ4v) is 5.47. The first kappa shape index (κ1) is 27.1. The molecule has 2 aliphatic rings. The first-order valence-corrected chi connectivity index (χ1v) is 13.3. The van der Waals surface area contributed by atoms with Crippen LogP contribution in [0.5, 0.6) is 0 Å². The Morgan fingerprint density at radius 1 is 1.05 bits per heavy atom. The van der Waals surface area contributed by atoms with Gasteiger partial charge in [-0.2, -0.15) is 13.8 Å². The van der Waals surface area contributed by atoms with Gasteiger partial charge in [-0.1, -0.05) is 11.2 Å². The smallest absolute Gasteiger partial charge is 0.322 e. The lowest BCUT2D eigenvalue weighted by molar-refractivity contribution is -0.0158. The van der Waals surface area contributed by atoms with Crippen LogP contribution in [0.2, 0.25) is 0 Å². The van der Waals surface area contributed by atoms with E-state index in [1.54, 1.807) is 6.07 Å². The van der Waals surface area contributed by atoms with Crippen molar-refractivity contribution in [2.24, 2.45) is 0 Å². The number of halogens is 4. The number of anilines is 1. The molecule has 1 amide bonds. The van der Waals surface area contributed by atoms with E-state index in [2.05, 4.69) is 20.1 Å². The number of benzene rings is 2. The number of β-amino-alcohol motifs (C(OH)–C–C–N with tert-alkyl or cyclic N) is 1. The van der Waals surface area contributed by atoms with Crippen molar-refractivity contribution in [1.82, 2.24) is 25.0 Å². The molecule has 41 heavy (non-hydrogen) atoms. The quantitative estimate of drug-likeness (QED) is 0.345. The average Bonchev–Trinajstić information content (AvgIpc) is 3.63. The summed E-state index contributed by atoms with van der Waals surface area (Å²) in [6, 6.07) is 6.97. The lowest BCUT2D eigenvalue weighted by Gasteiger charge is -2.32. The molecule has 1 atom stereocenters. The Kier molecular flexibility index (Phi) is 6.84. The molecule has 2 saturated heterocycles. The van der Waals surface area contributed by atoms with Gasteiger partial charge in [0.25, 0.3) is 11.8 Å². The van der Waals surface area contributed by atoms with Crippen LogP contribution in [0.1, 0.15) is 54.2 Å². The zero-order chi connectivity index (χ0) is 28.9. The molecular formula is C28H26F4N6O3. The Hall–Kier alpha value is -4.13. The normalized spacial score (nSPS) is 18.4. The Bertz CT molecular complexity index is 1620. The number of nitrogens with zero attached hydrogens (tertiary/aromatic N) is 6. The maximum absolute atomic E-state index is 15.3. The van der Waals surface area contributed by atoms with E-state index in [4.69, 9.17) is 4.52 Å². The number of amides is 1. The van der Waals surface area contributed by atoms with E-state index in [-0.39, 0.29) is 34.8 Å². The third-order valence-electron chi connectivity index (χ3n) is 7.66. The van der Waals surface area contributed by atoms with Gasteiger partial charge in [0.1, 0.15) is 23.8 Å². The van der Waals surface area contributed by atoms with E-state index in [1.165, 1.54) is 35.5 Å². The van der Waals surface area contributed by atoms with Crippen LogP contribution < -0.4 is 4.90 Å². The topological polar surface area (TPSA) is 108 Å². The second kappa shape index (κ2) is 10.4. The number of alkyl halides is 2. The molecule has 1 N–H and O–H groups in total. The van der Waals surface area contributed by atoms with E-state index in [1.807, 2.05) is 4.90 Å². The Labute approximate surface area is 231 Å². The predicted octanol–water partition coefficient (Wildman–Crippen LogP) is 4.66. The van der Waals surface area contributed by atoms with Gasteiger partial charge in [0.2, 0.25) is 0 Å². The third-order valence-corrected chi connectivity index (χ3v) is 7.66. The minimum atomic E-state index is -3.22. The Morgan fingerprint density at radius 3 is 2.49 bits per heavy atom. The van der Waals surface area contributed by atoms with Gasteiger partial charge in [0, 0.05) is 44.6 Å². The molecule has 2 aromatic carbocycles. The molecule has 4 aromatic rings. The highest BCUT2D eigenvalue weighted by atomic mass is 19.3. The van der Waals surface area contributed by atoms with Crippen LogP contribution in [0.25, 0.3) is 22.0 Å². The molecule has 214 valence electrons. The van der Waals surface area contributed by atoms with Crippen LogP contribution in [0.15, 0.2) is 41.2 Å². The Balaban J connectivity index is 1.26. The summed E-state index contributed by atoms with van der Waals surface area (Å²) in [6.07, 6.45) is 2.16. The standard InChI is InChI=1S/C28H26F4N6O3/c1-28(31,32)27-35-24(36-41-27)15-6-9-37(10-7-15)25-22-20(29)5-4-18(23(22)33-14-34-25)16-2-3-19(21(30)12-16)26(40)38-11-8-17(39)13-38/h2-5,12,14-15,17,39H,6-11,13H2,1H3. The molecule has 0 aliphatic carbocycles. The number of carbonyl (C=O) groups excluding carboxylic acids is 1. The predicted molar refractivity (Wildman–Crippen MR) is 139 cm³/mol. The Morgan fingerprint density at radius 2 is 1.83 bits per heavy atom. The van der Waals surface area contributed by atoms with E-state index in [0.717, 1.165) is 0 Å². The van der Waals surface area contributed by atoms with E-state index in [0.29, 0.717) is 62.8 Å². The van der Waals surface area contributed by atoms with Crippen molar-refractivity contribution >= 4 is 22.6 Å². The summed E-state index contributed by atoms with van der Waals surface area (Å²) in [4.78, 5) is 28.6. The summed E-state index contributed by atoms with van der Waals surface area (Å²) in [7, 11) is 0. The van der Waals surface area contributed by atoms with Crippen molar-refractivity contribution in [3.8, 4) is 11.1 Å². The highest BCUT2D eigenvalue weighted by Gasteiger charge is 2.34. The molecule has 6 rings (SSSR count). The number of aliphatic hydroxyl groups excluding tert-OH is 1. The molecule has 0 radical (unpaired) electrons. The average molecular weight is 571 g/mol. The van der Waals surface area contributed by atoms with Crippen LogP contribution in [0.4, 0.5) is 23.4 Å². The highest BCUT2D eigenvalue weighted by molar-refractivity contribution is 6.00. The van der Waals surface area contributed by atoms with Crippen molar-refractivity contribution in [1.29, 1.82) is 0 Å². The maximum Gasteiger partial charge on any atom is 0.322 e. The monoisotopic (exact) mass is 570 g/mol. The largest absolute Gasteiger partial charge is 0.391 e. The van der Waals surface area contributed by atoms with Gasteiger partial charge >= 0.3 is 5.92 Å². The number of aliphatic hydroxyl groups is 1. The number of carbonyl (C=O) groups is 1. The molecule has 0 bridgehead atoms. The molecule has 2 aromatic heterocycles. The summed E-state index contributed by atoms with van der Waals surface area (Å²) < 4.78 is 62.2. The van der Waals surface area contributed by atoms with Gasteiger partial charge in [-0.15, -0.1) is 0 Å². The fourth-order valence-electron chi connectivity index (χ4n) is 5.47. The molecule has 0 saturated carbocycles. The molecular weight excluding hydrogens is 544 g/mol. The molecule has 2 aliphatic heterocycles. The minimum Gasteiger partial charge on any atom is -0.391 e. The summed E-state index contributed by atoms with van der Waals surface area (Å²) in [5, 5.41) is 13.6. The van der Waals surface area contributed by atoms with Crippen molar-refractivity contribution in [2.75, 3.05) is 31.1 Å². The SMILES string of the molecule is CC(F)(F)c1nc(C2CCN(c3ncnc4c(-c5ccc(C(=O)N6CCC(O)C6)c(F)c5)ccc(F)c34)CC2)no1. The van der Waals surface area contributed by atoms with E-state index in [9.17, 15) is 18.7 Å². The van der Waals surface area contributed by atoms with Crippen LogP contribution in [0.3, 0.4) is 0 Å². The van der Waals surface area contributed by atoms with Crippen molar-refractivity contribution in [3.05, 3.63) is 65.6 Å². The molecule has 2 fully saturated rings. The molecule has 4 heterocycles. The van der Waals surface area contributed by atoms with Gasteiger partial charge in [-0.05, 0) is 49.1 Å². The second-order valence-electron chi connectivity index (χ2n) is 10.5. The summed E-state index contributed by atoms with van der Waals surface area (Å²) in [5.41, 5.74) is 1.05. The fraction of sp³-hybridized carbons (Fsp3) is 0.393. The number of piperidine rings is 1. The van der Waals surface area contributed by atoms with Crippen LogP contribution in [-0.2, 0) is 5.92 Å². The van der Waals surface area contributed by atoms with E-state index >= 15 is 8.78 Å².